The number of carbonyl (C=O) groups is 2. The van der Waals surface area contributed by atoms with Crippen molar-refractivity contribution in [3.63, 3.8) is 0 Å². The van der Waals surface area contributed by atoms with Gasteiger partial charge in [0.25, 0.3) is 0 Å². The third kappa shape index (κ3) is 62.9. The summed E-state index contributed by atoms with van der Waals surface area (Å²) >= 11 is 0. The van der Waals surface area contributed by atoms with Gasteiger partial charge >= 0.3 is 19.8 Å². The van der Waals surface area contributed by atoms with Gasteiger partial charge in [-0.25, -0.2) is 4.57 Å². The van der Waals surface area contributed by atoms with Crippen LogP contribution in [0.15, 0.2) is 60.8 Å². The van der Waals surface area contributed by atoms with E-state index in [0.717, 1.165) is 64.2 Å². The zero-order chi connectivity index (χ0) is 56.6. The molecule has 0 saturated heterocycles. The lowest BCUT2D eigenvalue weighted by Gasteiger charge is -2.19. The molecule has 0 aliphatic carbocycles. The van der Waals surface area contributed by atoms with Gasteiger partial charge < -0.3 is 20.1 Å². The fourth-order valence-electron chi connectivity index (χ4n) is 9.68. The maximum Gasteiger partial charge on any atom is 0.472 e. The zero-order valence-corrected chi connectivity index (χ0v) is 52.1. The van der Waals surface area contributed by atoms with Gasteiger partial charge in [0, 0.05) is 19.4 Å². The average molecular weight is 1120 g/mol. The minimum atomic E-state index is -4.39. The Balaban J connectivity index is 3.79. The molecule has 0 aromatic carbocycles. The summed E-state index contributed by atoms with van der Waals surface area (Å²) in [6, 6.07) is 0. The van der Waals surface area contributed by atoms with Gasteiger partial charge in [0.15, 0.2) is 6.10 Å². The molecule has 2 atom stereocenters. The molecule has 78 heavy (non-hydrogen) atoms. The van der Waals surface area contributed by atoms with Crippen LogP contribution < -0.4 is 5.73 Å². The molecule has 0 heterocycles. The molecule has 0 aromatic heterocycles. The van der Waals surface area contributed by atoms with Crippen LogP contribution in [0.5, 0.6) is 0 Å². The van der Waals surface area contributed by atoms with Gasteiger partial charge in [-0.2, -0.15) is 0 Å². The molecule has 0 aliphatic heterocycles. The van der Waals surface area contributed by atoms with E-state index in [0.29, 0.717) is 6.42 Å². The number of carbonyl (C=O) groups excluding carboxylic acids is 2. The Hall–Kier alpha value is -2.29. The number of phosphoric ester groups is 1. The molecule has 0 bridgehead atoms. The van der Waals surface area contributed by atoms with Crippen molar-refractivity contribution in [3.8, 4) is 0 Å². The van der Waals surface area contributed by atoms with E-state index in [1.54, 1.807) is 0 Å². The first-order valence-electron chi connectivity index (χ1n) is 33.3. The molecule has 10 heteroatoms. The van der Waals surface area contributed by atoms with Crippen LogP contribution in [0.25, 0.3) is 0 Å². The highest BCUT2D eigenvalue weighted by Crippen LogP contribution is 2.43. The summed E-state index contributed by atoms with van der Waals surface area (Å²) < 4.78 is 33.1. The molecule has 0 rings (SSSR count). The van der Waals surface area contributed by atoms with Crippen LogP contribution in [0.4, 0.5) is 0 Å². The second-order valence-corrected chi connectivity index (χ2v) is 23.8. The van der Waals surface area contributed by atoms with Crippen molar-refractivity contribution < 1.29 is 37.6 Å². The topological polar surface area (TPSA) is 134 Å². The monoisotopic (exact) mass is 1120 g/mol. The van der Waals surface area contributed by atoms with Crippen molar-refractivity contribution in [2.75, 3.05) is 26.4 Å². The smallest absolute Gasteiger partial charge is 0.462 e. The van der Waals surface area contributed by atoms with Crippen molar-refractivity contribution in [2.45, 2.75) is 335 Å². The highest BCUT2D eigenvalue weighted by molar-refractivity contribution is 7.47. The Morgan fingerprint density at radius 1 is 0.385 bits per heavy atom. The molecule has 9 nitrogen and oxygen atoms in total. The minimum absolute atomic E-state index is 0.0526. The summed E-state index contributed by atoms with van der Waals surface area (Å²) in [6.45, 7) is 3.75. The fourth-order valence-corrected chi connectivity index (χ4v) is 10.4. The number of unbranched alkanes of at least 4 members (excludes halogenated alkanes) is 40. The van der Waals surface area contributed by atoms with Crippen LogP contribution in [0.1, 0.15) is 328 Å². The Morgan fingerprint density at radius 3 is 1.00 bits per heavy atom. The van der Waals surface area contributed by atoms with Crippen molar-refractivity contribution in [2.24, 2.45) is 5.73 Å². The first-order valence-corrected chi connectivity index (χ1v) is 34.8. The minimum Gasteiger partial charge on any atom is -0.462 e. The Morgan fingerprint density at radius 2 is 0.667 bits per heavy atom. The predicted octanol–water partition coefficient (Wildman–Crippen LogP) is 21.5. The molecule has 0 aromatic rings. The van der Waals surface area contributed by atoms with Crippen LogP contribution in [-0.2, 0) is 32.7 Å². The molecular weight excluding hydrogens is 990 g/mol. The highest BCUT2D eigenvalue weighted by atomic mass is 31.2. The Kier molecular flexibility index (Phi) is 62.0. The largest absolute Gasteiger partial charge is 0.472 e. The number of phosphoric acid groups is 1. The number of hydrogen-bond acceptors (Lipinski definition) is 8. The van der Waals surface area contributed by atoms with E-state index in [1.807, 2.05) is 0 Å². The predicted molar refractivity (Wildman–Crippen MR) is 335 cm³/mol. The second kappa shape index (κ2) is 63.9. The quantitative estimate of drug-likeness (QED) is 0.0264. The fraction of sp³-hybridized carbons (Fsp3) is 0.824. The standard InChI is InChI=1S/C68H126NO8P/c1-3-5-7-9-11-13-15-17-19-21-23-24-25-26-27-28-29-30-31-32-33-34-35-36-37-38-39-40-41-42-43-45-47-49-51-53-55-57-59-61-68(71)77-66(65-76-78(72,73)75-63-62-69)64-74-67(70)60-58-56-54-52-50-48-46-44-22-20-18-16-14-12-10-8-6-4-2/h14-17,20-23,25-26,66H,3-13,18-19,24,27-65,69H2,1-2H3,(H,72,73)/b16-14-,17-15-,22-20-,23-21-,26-25-. The number of nitrogens with two attached hydrogens (primary N) is 1. The van der Waals surface area contributed by atoms with Crippen molar-refractivity contribution in [1.82, 2.24) is 0 Å². The number of hydrogen-bond donors (Lipinski definition) is 2. The third-order valence-corrected chi connectivity index (χ3v) is 15.6. The normalized spacial score (nSPS) is 13.3. The third-order valence-electron chi connectivity index (χ3n) is 14.6. The molecule has 0 saturated carbocycles. The first-order chi connectivity index (χ1) is 38.3. The molecule has 456 valence electrons. The van der Waals surface area contributed by atoms with E-state index < -0.39 is 26.5 Å². The highest BCUT2D eigenvalue weighted by Gasteiger charge is 2.26. The summed E-state index contributed by atoms with van der Waals surface area (Å²) in [4.78, 5) is 35.2. The van der Waals surface area contributed by atoms with Crippen molar-refractivity contribution in [3.05, 3.63) is 60.8 Å². The lowest BCUT2D eigenvalue weighted by atomic mass is 10.0. The van der Waals surface area contributed by atoms with Gasteiger partial charge in [0.2, 0.25) is 0 Å². The average Bonchev–Trinajstić information content (AvgIpc) is 3.43. The SMILES string of the molecule is CCCCCC/C=C\C/C=C\CCCCCCCCCC(=O)OCC(COP(=O)(O)OCCN)OC(=O)CCCCCCCCCCCCCCCCCCCCCCCCCC/C=C\C/C=C\C/C=C\CCCCCCC. The molecule has 3 N–H and O–H groups in total. The van der Waals surface area contributed by atoms with E-state index in [4.69, 9.17) is 24.3 Å². The number of ether oxygens (including phenoxy) is 2. The summed E-state index contributed by atoms with van der Waals surface area (Å²) in [5.74, 6) is -0.824. The summed E-state index contributed by atoms with van der Waals surface area (Å²) in [6.07, 6.45) is 81.7. The van der Waals surface area contributed by atoms with Crippen LogP contribution in [0, 0.1) is 0 Å². The van der Waals surface area contributed by atoms with Gasteiger partial charge in [-0.05, 0) is 83.5 Å². The molecule has 0 radical (unpaired) electrons. The van der Waals surface area contributed by atoms with Crippen molar-refractivity contribution in [1.29, 1.82) is 0 Å². The maximum absolute atomic E-state index is 12.7. The lowest BCUT2D eigenvalue weighted by Crippen LogP contribution is -2.29. The van der Waals surface area contributed by atoms with Crippen LogP contribution in [0.2, 0.25) is 0 Å². The van der Waals surface area contributed by atoms with Gasteiger partial charge in [-0.15, -0.1) is 0 Å². The zero-order valence-electron chi connectivity index (χ0n) is 51.2. The van der Waals surface area contributed by atoms with Gasteiger partial charge in [-0.3, -0.25) is 18.6 Å². The lowest BCUT2D eigenvalue weighted by molar-refractivity contribution is -0.161. The number of rotatable bonds is 63. The van der Waals surface area contributed by atoms with E-state index in [-0.39, 0.29) is 38.6 Å². The van der Waals surface area contributed by atoms with Crippen LogP contribution in [0.3, 0.4) is 0 Å². The van der Waals surface area contributed by atoms with Crippen LogP contribution in [-0.4, -0.2) is 49.3 Å². The molecule has 0 fully saturated rings. The van der Waals surface area contributed by atoms with E-state index in [1.165, 1.54) is 231 Å². The number of allylic oxidation sites excluding steroid dienone is 10. The number of esters is 2. The second-order valence-electron chi connectivity index (χ2n) is 22.3. The van der Waals surface area contributed by atoms with E-state index >= 15 is 0 Å². The molecule has 0 aliphatic rings. The van der Waals surface area contributed by atoms with Gasteiger partial charge in [0.1, 0.15) is 6.61 Å². The van der Waals surface area contributed by atoms with E-state index in [2.05, 4.69) is 74.6 Å². The summed E-state index contributed by atoms with van der Waals surface area (Å²) in [5.41, 5.74) is 5.39. The Labute approximate surface area is 482 Å². The van der Waals surface area contributed by atoms with Crippen LogP contribution >= 0.6 is 7.82 Å². The maximum atomic E-state index is 12.7. The molecular formula is C68H126NO8P. The van der Waals surface area contributed by atoms with Gasteiger partial charge in [0.05, 0.1) is 13.2 Å². The van der Waals surface area contributed by atoms with Crippen molar-refractivity contribution >= 4 is 19.8 Å². The summed E-state index contributed by atoms with van der Waals surface area (Å²) in [7, 11) is -4.39. The molecule has 2 unspecified atom stereocenters. The van der Waals surface area contributed by atoms with E-state index in [9.17, 15) is 19.0 Å². The molecule has 0 amide bonds. The Bertz CT molecular complexity index is 1460. The molecule has 0 spiro atoms. The van der Waals surface area contributed by atoms with Gasteiger partial charge in [-0.1, -0.05) is 293 Å². The summed E-state index contributed by atoms with van der Waals surface area (Å²) in [5, 5.41) is 0. The first kappa shape index (κ1) is 75.7.